The Labute approximate surface area is 189 Å². The molecule has 0 bridgehead atoms. The molecule has 0 atom stereocenters. The standard InChI is InChI=1S/C25H19ClN2O2S/c26-20-8-3-7-19(13-20)25(30)28-21-9-4-10-23(15-21)31-16-24(29)27-22-12-11-17-5-1-2-6-18(17)14-22/h1-15H,16H2,(H,27,29)(H,28,30). The highest BCUT2D eigenvalue weighted by Crippen LogP contribution is 2.23. The first-order valence-electron chi connectivity index (χ1n) is 9.65. The summed E-state index contributed by atoms with van der Waals surface area (Å²) in [6.45, 7) is 0. The van der Waals surface area contributed by atoms with Crippen LogP contribution in [0.5, 0.6) is 0 Å². The lowest BCUT2D eigenvalue weighted by molar-refractivity contribution is -0.113. The Morgan fingerprint density at radius 1 is 0.742 bits per heavy atom. The third-order valence-electron chi connectivity index (χ3n) is 4.58. The minimum atomic E-state index is -0.237. The third-order valence-corrected chi connectivity index (χ3v) is 5.81. The van der Waals surface area contributed by atoms with Gasteiger partial charge in [0.2, 0.25) is 5.91 Å². The molecule has 4 rings (SSSR count). The van der Waals surface area contributed by atoms with Crippen molar-refractivity contribution in [2.24, 2.45) is 0 Å². The molecule has 154 valence electrons. The van der Waals surface area contributed by atoms with Crippen molar-refractivity contribution in [3.05, 3.63) is 102 Å². The molecular formula is C25H19ClN2O2S. The lowest BCUT2D eigenvalue weighted by Crippen LogP contribution is -2.14. The van der Waals surface area contributed by atoms with Crippen LogP contribution in [0.15, 0.2) is 95.9 Å². The van der Waals surface area contributed by atoms with Crippen LogP contribution in [0.1, 0.15) is 10.4 Å². The molecule has 2 N–H and O–H groups in total. The fraction of sp³-hybridized carbons (Fsp3) is 0.0400. The molecule has 0 spiro atoms. The van der Waals surface area contributed by atoms with Gasteiger partial charge < -0.3 is 10.6 Å². The maximum atomic E-state index is 12.4. The van der Waals surface area contributed by atoms with Gasteiger partial charge in [0.25, 0.3) is 5.91 Å². The van der Waals surface area contributed by atoms with Gasteiger partial charge in [0, 0.05) is 26.9 Å². The molecule has 0 saturated carbocycles. The molecule has 4 aromatic carbocycles. The number of hydrogen-bond donors (Lipinski definition) is 2. The largest absolute Gasteiger partial charge is 0.325 e. The van der Waals surface area contributed by atoms with E-state index in [1.54, 1.807) is 24.3 Å². The van der Waals surface area contributed by atoms with E-state index >= 15 is 0 Å². The highest BCUT2D eigenvalue weighted by atomic mass is 35.5. The predicted octanol–water partition coefficient (Wildman–Crippen LogP) is 6.48. The van der Waals surface area contributed by atoms with E-state index < -0.39 is 0 Å². The SMILES string of the molecule is O=C(CSc1cccc(NC(=O)c2cccc(Cl)c2)c1)Nc1ccc2ccccc2c1. The van der Waals surface area contributed by atoms with Crippen molar-refractivity contribution in [1.82, 2.24) is 0 Å². The maximum Gasteiger partial charge on any atom is 0.255 e. The molecule has 0 aliphatic heterocycles. The van der Waals surface area contributed by atoms with Gasteiger partial charge in [0.1, 0.15) is 0 Å². The first kappa shape index (κ1) is 21.0. The summed E-state index contributed by atoms with van der Waals surface area (Å²) in [6.07, 6.45) is 0. The lowest BCUT2D eigenvalue weighted by Gasteiger charge is -2.09. The molecule has 0 aromatic heterocycles. The number of nitrogens with one attached hydrogen (secondary N) is 2. The van der Waals surface area contributed by atoms with Gasteiger partial charge in [-0.05, 0) is 59.3 Å². The molecule has 4 aromatic rings. The van der Waals surface area contributed by atoms with Crippen LogP contribution >= 0.6 is 23.4 Å². The minimum Gasteiger partial charge on any atom is -0.325 e. The number of thioether (sulfide) groups is 1. The number of anilines is 2. The Morgan fingerprint density at radius 3 is 2.35 bits per heavy atom. The fourth-order valence-electron chi connectivity index (χ4n) is 3.11. The molecule has 0 aliphatic rings. The molecule has 4 nitrogen and oxygen atoms in total. The Balaban J connectivity index is 1.35. The summed E-state index contributed by atoms with van der Waals surface area (Å²) in [4.78, 5) is 25.7. The molecular weight excluding hydrogens is 428 g/mol. The van der Waals surface area contributed by atoms with Gasteiger partial charge in [-0.15, -0.1) is 11.8 Å². The number of amides is 2. The molecule has 0 heterocycles. The molecule has 0 fully saturated rings. The van der Waals surface area contributed by atoms with Crippen LogP contribution in [0.3, 0.4) is 0 Å². The topological polar surface area (TPSA) is 58.2 Å². The zero-order chi connectivity index (χ0) is 21.6. The zero-order valence-electron chi connectivity index (χ0n) is 16.5. The number of carbonyl (C=O) groups is 2. The lowest BCUT2D eigenvalue weighted by atomic mass is 10.1. The number of benzene rings is 4. The van der Waals surface area contributed by atoms with Crippen LogP contribution in [-0.4, -0.2) is 17.6 Å². The van der Waals surface area contributed by atoms with Crippen LogP contribution in [0.25, 0.3) is 10.8 Å². The van der Waals surface area contributed by atoms with Gasteiger partial charge in [-0.2, -0.15) is 0 Å². The second-order valence-electron chi connectivity index (χ2n) is 6.89. The molecule has 2 amide bonds. The number of halogens is 1. The van der Waals surface area contributed by atoms with E-state index in [9.17, 15) is 9.59 Å². The Kier molecular flexibility index (Phi) is 6.55. The number of fused-ring (bicyclic) bond motifs is 1. The first-order valence-corrected chi connectivity index (χ1v) is 11.0. The maximum absolute atomic E-state index is 12.4. The quantitative estimate of drug-likeness (QED) is 0.333. The smallest absolute Gasteiger partial charge is 0.255 e. The Bertz CT molecular complexity index is 1260. The van der Waals surface area contributed by atoms with Gasteiger partial charge in [-0.3, -0.25) is 9.59 Å². The number of hydrogen-bond acceptors (Lipinski definition) is 3. The van der Waals surface area contributed by atoms with E-state index in [0.717, 1.165) is 21.4 Å². The molecule has 0 saturated heterocycles. The van der Waals surface area contributed by atoms with Crippen LogP contribution in [-0.2, 0) is 4.79 Å². The number of carbonyl (C=O) groups excluding carboxylic acids is 2. The summed E-state index contributed by atoms with van der Waals surface area (Å²) in [5.74, 6) is -0.0641. The number of rotatable bonds is 6. The molecule has 6 heteroatoms. The molecule has 0 aliphatic carbocycles. The summed E-state index contributed by atoms with van der Waals surface area (Å²) in [6, 6.07) is 28.0. The van der Waals surface area contributed by atoms with Crippen LogP contribution in [0.2, 0.25) is 5.02 Å². The molecule has 31 heavy (non-hydrogen) atoms. The van der Waals surface area contributed by atoms with Crippen molar-refractivity contribution < 1.29 is 9.59 Å². The van der Waals surface area contributed by atoms with Crippen molar-refractivity contribution in [2.45, 2.75) is 4.90 Å². The van der Waals surface area contributed by atoms with Crippen molar-refractivity contribution in [2.75, 3.05) is 16.4 Å². The monoisotopic (exact) mass is 446 g/mol. The summed E-state index contributed by atoms with van der Waals surface area (Å²) in [5.41, 5.74) is 1.91. The van der Waals surface area contributed by atoms with Gasteiger partial charge in [0.05, 0.1) is 5.75 Å². The van der Waals surface area contributed by atoms with Crippen LogP contribution in [0.4, 0.5) is 11.4 Å². The highest BCUT2D eigenvalue weighted by molar-refractivity contribution is 8.00. The average Bonchev–Trinajstić information content (AvgIpc) is 2.78. The zero-order valence-corrected chi connectivity index (χ0v) is 18.0. The predicted molar refractivity (Wildman–Crippen MR) is 129 cm³/mol. The third kappa shape index (κ3) is 5.66. The van der Waals surface area contributed by atoms with E-state index in [4.69, 9.17) is 11.6 Å². The van der Waals surface area contributed by atoms with Crippen molar-refractivity contribution in [3.8, 4) is 0 Å². The molecule has 0 unspecified atom stereocenters. The van der Waals surface area contributed by atoms with Gasteiger partial charge in [-0.1, -0.05) is 54.1 Å². The van der Waals surface area contributed by atoms with Crippen LogP contribution in [0, 0.1) is 0 Å². The van der Waals surface area contributed by atoms with Gasteiger partial charge in [-0.25, -0.2) is 0 Å². The van der Waals surface area contributed by atoms with Gasteiger partial charge >= 0.3 is 0 Å². The Hall–Kier alpha value is -3.28. The summed E-state index contributed by atoms with van der Waals surface area (Å²) < 4.78 is 0. The van der Waals surface area contributed by atoms with Gasteiger partial charge in [0.15, 0.2) is 0 Å². The first-order chi connectivity index (χ1) is 15.1. The molecule has 0 radical (unpaired) electrons. The summed E-state index contributed by atoms with van der Waals surface area (Å²) >= 11 is 7.36. The van der Waals surface area contributed by atoms with Crippen molar-refractivity contribution in [1.29, 1.82) is 0 Å². The second kappa shape index (κ2) is 9.69. The summed E-state index contributed by atoms with van der Waals surface area (Å²) in [5, 5.41) is 8.51. The van der Waals surface area contributed by atoms with Crippen molar-refractivity contribution in [3.63, 3.8) is 0 Å². The van der Waals surface area contributed by atoms with E-state index in [0.29, 0.717) is 16.3 Å². The highest BCUT2D eigenvalue weighted by Gasteiger charge is 2.08. The van der Waals surface area contributed by atoms with E-state index in [1.807, 2.05) is 66.7 Å². The van der Waals surface area contributed by atoms with Crippen LogP contribution < -0.4 is 10.6 Å². The summed E-state index contributed by atoms with van der Waals surface area (Å²) in [7, 11) is 0. The Morgan fingerprint density at radius 2 is 1.52 bits per heavy atom. The van der Waals surface area contributed by atoms with Crippen molar-refractivity contribution >= 4 is 57.3 Å². The van der Waals surface area contributed by atoms with E-state index in [-0.39, 0.29) is 17.6 Å². The van der Waals surface area contributed by atoms with E-state index in [1.165, 1.54) is 11.8 Å². The second-order valence-corrected chi connectivity index (χ2v) is 8.38. The normalized spacial score (nSPS) is 10.6. The van der Waals surface area contributed by atoms with E-state index in [2.05, 4.69) is 10.6 Å². The minimum absolute atomic E-state index is 0.0892. The fourth-order valence-corrected chi connectivity index (χ4v) is 4.05. The average molecular weight is 447 g/mol.